The Bertz CT molecular complexity index is 206. The van der Waals surface area contributed by atoms with Gasteiger partial charge in [-0.3, -0.25) is 4.79 Å². The maximum atomic E-state index is 11.9. The van der Waals surface area contributed by atoms with Gasteiger partial charge in [-0.2, -0.15) is 0 Å². The van der Waals surface area contributed by atoms with Gasteiger partial charge in [0.2, 0.25) is 5.91 Å². The number of piperidine rings is 1. The SMILES string of the molecule is CCCCCCC(=O)N1CCCC(CO)C1. The van der Waals surface area contributed by atoms with E-state index in [0.29, 0.717) is 12.3 Å². The average molecular weight is 227 g/mol. The molecule has 0 aliphatic carbocycles. The van der Waals surface area contributed by atoms with E-state index < -0.39 is 0 Å². The fourth-order valence-electron chi connectivity index (χ4n) is 2.30. The number of nitrogens with zero attached hydrogens (tertiary/aromatic N) is 1. The highest BCUT2D eigenvalue weighted by Gasteiger charge is 2.22. The van der Waals surface area contributed by atoms with E-state index in [1.165, 1.54) is 19.3 Å². The standard InChI is InChI=1S/C13H25NO2/c1-2-3-4-5-8-13(16)14-9-6-7-12(10-14)11-15/h12,15H,2-11H2,1H3. The highest BCUT2D eigenvalue weighted by atomic mass is 16.3. The molecule has 1 saturated heterocycles. The van der Waals surface area contributed by atoms with Gasteiger partial charge in [-0.15, -0.1) is 0 Å². The highest BCUT2D eigenvalue weighted by molar-refractivity contribution is 5.76. The van der Waals surface area contributed by atoms with Gasteiger partial charge in [0.05, 0.1) is 0 Å². The number of carbonyl (C=O) groups is 1. The Hall–Kier alpha value is -0.570. The number of aliphatic hydroxyl groups is 1. The molecule has 16 heavy (non-hydrogen) atoms. The monoisotopic (exact) mass is 227 g/mol. The summed E-state index contributed by atoms with van der Waals surface area (Å²) in [5.41, 5.74) is 0. The minimum absolute atomic E-state index is 0.222. The topological polar surface area (TPSA) is 40.5 Å². The van der Waals surface area contributed by atoms with Crippen molar-refractivity contribution in [2.75, 3.05) is 19.7 Å². The van der Waals surface area contributed by atoms with Gasteiger partial charge in [-0.05, 0) is 25.2 Å². The molecule has 0 aromatic carbocycles. The van der Waals surface area contributed by atoms with Crippen molar-refractivity contribution < 1.29 is 9.90 Å². The maximum Gasteiger partial charge on any atom is 0.222 e. The minimum Gasteiger partial charge on any atom is -0.396 e. The van der Waals surface area contributed by atoms with Gasteiger partial charge in [-0.25, -0.2) is 0 Å². The molecule has 94 valence electrons. The molecule has 1 aliphatic heterocycles. The van der Waals surface area contributed by atoms with Crippen molar-refractivity contribution in [2.24, 2.45) is 5.92 Å². The predicted octanol–water partition coefficient (Wildman–Crippen LogP) is 2.19. The highest BCUT2D eigenvalue weighted by Crippen LogP contribution is 2.17. The van der Waals surface area contributed by atoms with Crippen LogP contribution in [-0.4, -0.2) is 35.6 Å². The van der Waals surface area contributed by atoms with E-state index in [1.54, 1.807) is 0 Å². The Kier molecular flexibility index (Phi) is 6.46. The first kappa shape index (κ1) is 13.5. The first-order valence-corrected chi connectivity index (χ1v) is 6.66. The van der Waals surface area contributed by atoms with Gasteiger partial charge < -0.3 is 10.0 Å². The molecule has 0 aromatic rings. The van der Waals surface area contributed by atoms with Gasteiger partial charge in [-0.1, -0.05) is 26.2 Å². The molecule has 1 aliphatic rings. The van der Waals surface area contributed by atoms with Crippen LogP contribution in [0.4, 0.5) is 0 Å². The summed E-state index contributed by atoms with van der Waals surface area (Å²) in [4.78, 5) is 13.8. The van der Waals surface area contributed by atoms with E-state index in [2.05, 4.69) is 6.92 Å². The molecule has 0 bridgehead atoms. The fraction of sp³-hybridized carbons (Fsp3) is 0.923. The molecule has 0 radical (unpaired) electrons. The van der Waals surface area contributed by atoms with E-state index in [4.69, 9.17) is 5.11 Å². The second-order valence-electron chi connectivity index (χ2n) is 4.84. The largest absolute Gasteiger partial charge is 0.396 e. The average Bonchev–Trinajstić information content (AvgIpc) is 2.34. The van der Waals surface area contributed by atoms with E-state index in [-0.39, 0.29) is 12.5 Å². The molecule has 1 N–H and O–H groups in total. The van der Waals surface area contributed by atoms with Gasteiger partial charge in [0.15, 0.2) is 0 Å². The lowest BCUT2D eigenvalue weighted by Gasteiger charge is -2.32. The van der Waals surface area contributed by atoms with E-state index in [1.807, 2.05) is 4.90 Å². The van der Waals surface area contributed by atoms with Gasteiger partial charge in [0, 0.05) is 26.1 Å². The van der Waals surface area contributed by atoms with Gasteiger partial charge in [0.1, 0.15) is 0 Å². The van der Waals surface area contributed by atoms with Gasteiger partial charge >= 0.3 is 0 Å². The fourth-order valence-corrected chi connectivity index (χ4v) is 2.30. The Labute approximate surface area is 98.8 Å². The minimum atomic E-state index is 0.222. The van der Waals surface area contributed by atoms with Crippen molar-refractivity contribution in [3.63, 3.8) is 0 Å². The van der Waals surface area contributed by atoms with E-state index >= 15 is 0 Å². The Morgan fingerprint density at radius 1 is 1.38 bits per heavy atom. The van der Waals surface area contributed by atoms with Crippen LogP contribution in [0.5, 0.6) is 0 Å². The van der Waals surface area contributed by atoms with Crippen LogP contribution >= 0.6 is 0 Å². The quantitative estimate of drug-likeness (QED) is 0.707. The number of unbranched alkanes of at least 4 members (excludes halogenated alkanes) is 3. The predicted molar refractivity (Wildman–Crippen MR) is 65.1 cm³/mol. The molecule has 1 atom stereocenters. The van der Waals surface area contributed by atoms with Crippen molar-refractivity contribution >= 4 is 5.91 Å². The lowest BCUT2D eigenvalue weighted by molar-refractivity contribution is -0.133. The summed E-state index contributed by atoms with van der Waals surface area (Å²) in [5, 5.41) is 9.10. The third-order valence-corrected chi connectivity index (χ3v) is 3.37. The van der Waals surface area contributed by atoms with Crippen LogP contribution in [0.3, 0.4) is 0 Å². The van der Waals surface area contributed by atoms with Crippen LogP contribution in [-0.2, 0) is 4.79 Å². The van der Waals surface area contributed by atoms with E-state index in [9.17, 15) is 4.79 Å². The summed E-state index contributed by atoms with van der Waals surface area (Å²) in [6.45, 7) is 4.06. The van der Waals surface area contributed by atoms with Crippen LogP contribution in [0.1, 0.15) is 51.9 Å². The summed E-state index contributed by atoms with van der Waals surface area (Å²) in [7, 11) is 0. The Morgan fingerprint density at radius 2 is 2.19 bits per heavy atom. The molecule has 0 spiro atoms. The van der Waals surface area contributed by atoms with Crippen LogP contribution < -0.4 is 0 Å². The Morgan fingerprint density at radius 3 is 2.88 bits per heavy atom. The number of rotatable bonds is 6. The maximum absolute atomic E-state index is 11.9. The lowest BCUT2D eigenvalue weighted by atomic mass is 9.98. The molecule has 1 amide bonds. The zero-order valence-electron chi connectivity index (χ0n) is 10.5. The number of hydrogen-bond acceptors (Lipinski definition) is 2. The molecule has 1 heterocycles. The first-order valence-electron chi connectivity index (χ1n) is 6.66. The van der Waals surface area contributed by atoms with Crippen LogP contribution in [0, 0.1) is 5.92 Å². The lowest BCUT2D eigenvalue weighted by Crippen LogP contribution is -2.40. The number of likely N-dealkylation sites (tertiary alicyclic amines) is 1. The zero-order valence-corrected chi connectivity index (χ0v) is 10.5. The van der Waals surface area contributed by atoms with Crippen molar-refractivity contribution in [1.82, 2.24) is 4.90 Å². The third kappa shape index (κ3) is 4.52. The molecule has 1 fully saturated rings. The van der Waals surface area contributed by atoms with E-state index in [0.717, 1.165) is 32.4 Å². The summed E-state index contributed by atoms with van der Waals surface area (Å²) in [5.74, 6) is 0.600. The molecular weight excluding hydrogens is 202 g/mol. The number of amides is 1. The molecule has 1 rings (SSSR count). The molecule has 3 nitrogen and oxygen atoms in total. The zero-order chi connectivity index (χ0) is 11.8. The molecule has 0 saturated carbocycles. The van der Waals surface area contributed by atoms with Crippen molar-refractivity contribution in [3.05, 3.63) is 0 Å². The van der Waals surface area contributed by atoms with Crippen LogP contribution in [0.2, 0.25) is 0 Å². The van der Waals surface area contributed by atoms with Crippen molar-refractivity contribution in [3.8, 4) is 0 Å². The van der Waals surface area contributed by atoms with Gasteiger partial charge in [0.25, 0.3) is 0 Å². The van der Waals surface area contributed by atoms with Crippen molar-refractivity contribution in [2.45, 2.75) is 51.9 Å². The second kappa shape index (κ2) is 7.66. The summed E-state index contributed by atoms with van der Waals surface area (Å²) >= 11 is 0. The molecule has 3 heteroatoms. The van der Waals surface area contributed by atoms with Crippen molar-refractivity contribution in [1.29, 1.82) is 0 Å². The summed E-state index contributed by atoms with van der Waals surface area (Å²) in [6.07, 6.45) is 7.43. The normalized spacial score (nSPS) is 21.1. The Balaban J connectivity index is 2.19. The van der Waals surface area contributed by atoms with Crippen LogP contribution in [0.15, 0.2) is 0 Å². The summed E-state index contributed by atoms with van der Waals surface area (Å²) < 4.78 is 0. The smallest absolute Gasteiger partial charge is 0.222 e. The summed E-state index contributed by atoms with van der Waals surface area (Å²) in [6, 6.07) is 0. The van der Waals surface area contributed by atoms with Crippen LogP contribution in [0.25, 0.3) is 0 Å². The number of aliphatic hydroxyl groups excluding tert-OH is 1. The number of hydrogen-bond donors (Lipinski definition) is 1. The second-order valence-corrected chi connectivity index (χ2v) is 4.84. The molecule has 0 aromatic heterocycles. The number of carbonyl (C=O) groups excluding carboxylic acids is 1. The molecule has 1 unspecified atom stereocenters. The third-order valence-electron chi connectivity index (χ3n) is 3.37. The molecular formula is C13H25NO2. The first-order chi connectivity index (χ1) is 7.77.